The second kappa shape index (κ2) is 10.1. The molecule has 0 amide bonds. The topological polar surface area (TPSA) is 79.3 Å². The molecule has 1 atom stereocenters. The highest BCUT2D eigenvalue weighted by molar-refractivity contribution is 8.16. The number of halogens is 6. The smallest absolute Gasteiger partial charge is 0.417 e. The van der Waals surface area contributed by atoms with Crippen LogP contribution in [-0.2, 0) is 6.18 Å². The average molecular weight is 533 g/mol. The summed E-state index contributed by atoms with van der Waals surface area (Å²) < 4.78 is 57.3. The van der Waals surface area contributed by atoms with Crippen molar-refractivity contribution in [3.05, 3.63) is 86.9 Å². The van der Waals surface area contributed by atoms with E-state index in [0.29, 0.717) is 0 Å². The van der Waals surface area contributed by atoms with E-state index in [1.165, 1.54) is 12.1 Å². The highest BCUT2D eigenvalue weighted by atomic mass is 35.5. The predicted octanol–water partition coefficient (Wildman–Crippen LogP) is 6.95. The number of nitrogens with one attached hydrogen (secondary N) is 1. The van der Waals surface area contributed by atoms with E-state index in [4.69, 9.17) is 23.2 Å². The van der Waals surface area contributed by atoms with Crippen LogP contribution in [0.3, 0.4) is 0 Å². The summed E-state index contributed by atoms with van der Waals surface area (Å²) in [5.74, 6) is -3.63. The number of hydrogen-bond donors (Lipinski definition) is 2. The Morgan fingerprint density at radius 1 is 1.15 bits per heavy atom. The molecule has 0 aliphatic carbocycles. The maximum absolute atomic E-state index is 14.5. The Labute approximate surface area is 203 Å². The summed E-state index contributed by atoms with van der Waals surface area (Å²) in [6.45, 7) is 1.58. The molecule has 2 aromatic carbocycles. The number of benzene rings is 2. The molecular formula is C22H14Cl2F4N2O3S. The zero-order valence-electron chi connectivity index (χ0n) is 17.1. The summed E-state index contributed by atoms with van der Waals surface area (Å²) in [5, 5.41) is 10.5. The van der Waals surface area contributed by atoms with Gasteiger partial charge in [0.25, 0.3) is 0 Å². The van der Waals surface area contributed by atoms with Crippen molar-refractivity contribution in [2.24, 2.45) is 0 Å². The van der Waals surface area contributed by atoms with E-state index < -0.39 is 56.1 Å². The molecule has 2 N–H and O–H groups in total. The number of carbonyl (C=O) groups is 2. The number of nitrogens with zero attached hydrogens (tertiary/aromatic N) is 1. The lowest BCUT2D eigenvalue weighted by Crippen LogP contribution is -2.15. The Hall–Kier alpha value is -2.95. The molecule has 3 aromatic rings. The summed E-state index contributed by atoms with van der Waals surface area (Å²) in [5.41, 5.74) is -2.70. The molecule has 0 spiro atoms. The summed E-state index contributed by atoms with van der Waals surface area (Å²) in [4.78, 5) is 28.8. The number of rotatable bonds is 6. The predicted molar refractivity (Wildman–Crippen MR) is 124 cm³/mol. The molecule has 1 heterocycles. The number of aromatic carboxylic acids is 1. The highest BCUT2D eigenvalue weighted by Gasteiger charge is 2.33. The second-order valence-corrected chi connectivity index (χ2v) is 9.33. The number of carboxylic acid groups (broad SMARTS) is 1. The van der Waals surface area contributed by atoms with Gasteiger partial charge in [-0.1, -0.05) is 39.9 Å². The van der Waals surface area contributed by atoms with E-state index in [0.717, 1.165) is 36.5 Å². The van der Waals surface area contributed by atoms with Gasteiger partial charge < -0.3 is 9.83 Å². The number of anilines is 1. The van der Waals surface area contributed by atoms with Gasteiger partial charge in [-0.05, 0) is 48.7 Å². The van der Waals surface area contributed by atoms with Gasteiger partial charge in [-0.25, -0.2) is 14.2 Å². The van der Waals surface area contributed by atoms with E-state index in [2.05, 4.69) is 9.71 Å². The SMILES string of the molecule is C/C=S(/Nc1cc(Cl)cnc1C(=O)c1c(F)cccc1C(=O)O)c1ccc(Cl)c(C(F)(F)F)c1. The standard InChI is InChI=1S/C22H14Cl2F4N2O3S/c1-2-34(12-6-7-15(24)14(9-12)22(26,27)28)30-17-8-11(23)10-29-19(17)20(31)18-13(21(32)33)4-3-5-16(18)25/h2-10,30H,1H3,(H,32,33). The van der Waals surface area contributed by atoms with E-state index >= 15 is 0 Å². The molecule has 0 radical (unpaired) electrons. The molecule has 0 saturated carbocycles. The quantitative estimate of drug-likeness (QED) is 0.204. The molecule has 0 fully saturated rings. The molecule has 0 aliphatic heterocycles. The largest absolute Gasteiger partial charge is 0.478 e. The third kappa shape index (κ3) is 5.40. The number of ketones is 1. The minimum Gasteiger partial charge on any atom is -0.478 e. The molecule has 5 nitrogen and oxygen atoms in total. The lowest BCUT2D eigenvalue weighted by atomic mass is 10.00. The van der Waals surface area contributed by atoms with Crippen molar-refractivity contribution in [1.29, 1.82) is 0 Å². The zero-order valence-corrected chi connectivity index (χ0v) is 19.4. The maximum atomic E-state index is 14.5. The van der Waals surface area contributed by atoms with Gasteiger partial charge in [0.15, 0.2) is 0 Å². The Morgan fingerprint density at radius 3 is 2.47 bits per heavy atom. The monoisotopic (exact) mass is 532 g/mol. The van der Waals surface area contributed by atoms with Crippen LogP contribution in [0.4, 0.5) is 23.2 Å². The first kappa shape index (κ1) is 25.7. The first-order valence-electron chi connectivity index (χ1n) is 9.32. The van der Waals surface area contributed by atoms with Crippen molar-refractivity contribution in [3.8, 4) is 0 Å². The van der Waals surface area contributed by atoms with Crippen molar-refractivity contribution >= 4 is 56.7 Å². The first-order valence-corrected chi connectivity index (χ1v) is 11.4. The Morgan fingerprint density at radius 2 is 1.85 bits per heavy atom. The molecule has 0 bridgehead atoms. The summed E-state index contributed by atoms with van der Waals surface area (Å²) in [6.07, 6.45) is -3.58. The van der Waals surface area contributed by atoms with E-state index in [1.54, 1.807) is 12.3 Å². The van der Waals surface area contributed by atoms with Crippen molar-refractivity contribution < 1.29 is 32.3 Å². The van der Waals surface area contributed by atoms with Crippen molar-refractivity contribution in [1.82, 2.24) is 4.98 Å². The van der Waals surface area contributed by atoms with Gasteiger partial charge in [0.05, 0.1) is 32.4 Å². The van der Waals surface area contributed by atoms with Gasteiger partial charge >= 0.3 is 12.1 Å². The van der Waals surface area contributed by atoms with Crippen LogP contribution in [0.25, 0.3) is 0 Å². The van der Waals surface area contributed by atoms with Crippen molar-refractivity contribution in [2.75, 3.05) is 4.72 Å². The molecule has 0 saturated heterocycles. The summed E-state index contributed by atoms with van der Waals surface area (Å²) >= 11 is 11.7. The molecule has 3 rings (SSSR count). The van der Waals surface area contributed by atoms with E-state index in [-0.39, 0.29) is 21.3 Å². The van der Waals surface area contributed by atoms with Crippen LogP contribution >= 0.6 is 33.9 Å². The summed E-state index contributed by atoms with van der Waals surface area (Å²) in [7, 11) is -1.20. The van der Waals surface area contributed by atoms with Gasteiger partial charge in [0.2, 0.25) is 5.78 Å². The zero-order chi connectivity index (χ0) is 25.2. The summed E-state index contributed by atoms with van der Waals surface area (Å²) in [6, 6.07) is 7.78. The first-order chi connectivity index (χ1) is 15.9. The minimum absolute atomic E-state index is 0.0259. The molecule has 178 valence electrons. The maximum Gasteiger partial charge on any atom is 0.417 e. The van der Waals surface area contributed by atoms with Gasteiger partial charge in [-0.2, -0.15) is 13.2 Å². The lowest BCUT2D eigenvalue weighted by Gasteiger charge is -2.17. The fourth-order valence-electron chi connectivity index (χ4n) is 2.98. The van der Waals surface area contributed by atoms with Gasteiger partial charge in [0, 0.05) is 11.1 Å². The third-order valence-corrected chi connectivity index (χ3v) is 6.70. The fourth-order valence-corrected chi connectivity index (χ4v) is 4.72. The molecule has 0 aliphatic rings. The van der Waals surface area contributed by atoms with Gasteiger partial charge in [-0.15, -0.1) is 0 Å². The number of pyridine rings is 1. The highest BCUT2D eigenvalue weighted by Crippen LogP contribution is 2.39. The third-order valence-electron chi connectivity index (χ3n) is 4.49. The van der Waals surface area contributed by atoms with Crippen LogP contribution in [0.15, 0.2) is 53.6 Å². The van der Waals surface area contributed by atoms with Crippen LogP contribution in [0.5, 0.6) is 0 Å². The van der Waals surface area contributed by atoms with Crippen LogP contribution in [0.2, 0.25) is 10.0 Å². The minimum atomic E-state index is -4.69. The Bertz CT molecular complexity index is 1330. The number of carbonyl (C=O) groups excluding carboxylic acids is 1. The Kier molecular flexibility index (Phi) is 7.64. The van der Waals surface area contributed by atoms with Crippen molar-refractivity contribution in [3.63, 3.8) is 0 Å². The van der Waals surface area contributed by atoms with Crippen LogP contribution in [0.1, 0.15) is 38.9 Å². The van der Waals surface area contributed by atoms with Gasteiger partial charge in [-0.3, -0.25) is 4.79 Å². The molecular weight excluding hydrogens is 519 g/mol. The van der Waals surface area contributed by atoms with E-state index in [1.807, 2.05) is 0 Å². The molecule has 1 aromatic heterocycles. The number of alkyl halides is 3. The van der Waals surface area contributed by atoms with Crippen molar-refractivity contribution in [2.45, 2.75) is 18.0 Å². The number of carboxylic acids is 1. The lowest BCUT2D eigenvalue weighted by molar-refractivity contribution is -0.137. The molecule has 12 heteroatoms. The van der Waals surface area contributed by atoms with Crippen LogP contribution < -0.4 is 4.72 Å². The average Bonchev–Trinajstić information content (AvgIpc) is 2.76. The molecule has 34 heavy (non-hydrogen) atoms. The Balaban J connectivity index is 2.10. The number of aromatic nitrogens is 1. The second-order valence-electron chi connectivity index (χ2n) is 6.66. The van der Waals surface area contributed by atoms with E-state index in [9.17, 15) is 32.3 Å². The normalized spacial score (nSPS) is 12.4. The fraction of sp³-hybridized carbons (Fsp3) is 0.0909. The van der Waals surface area contributed by atoms with Gasteiger partial charge in [0.1, 0.15) is 11.5 Å². The van der Waals surface area contributed by atoms with Crippen LogP contribution in [-0.4, -0.2) is 27.2 Å². The van der Waals surface area contributed by atoms with Crippen LogP contribution in [0, 0.1) is 5.82 Å². The number of hydrogen-bond acceptors (Lipinski definition) is 4. The molecule has 1 unspecified atom stereocenters.